The lowest BCUT2D eigenvalue weighted by atomic mass is 9.98. The van der Waals surface area contributed by atoms with Gasteiger partial charge in [0, 0.05) is 6.20 Å². The Morgan fingerprint density at radius 3 is 2.86 bits per heavy atom. The summed E-state index contributed by atoms with van der Waals surface area (Å²) in [4.78, 5) is 12.0. The van der Waals surface area contributed by atoms with Crippen LogP contribution in [0.25, 0.3) is 0 Å². The van der Waals surface area contributed by atoms with Gasteiger partial charge in [-0.05, 0) is 39.3 Å². The number of esters is 1. The van der Waals surface area contributed by atoms with E-state index in [1.54, 1.807) is 14.0 Å². The number of ether oxygens (including phenoxy) is 1. The molecule has 0 saturated heterocycles. The first kappa shape index (κ1) is 15.8. The Labute approximate surface area is 120 Å². The predicted octanol–water partition coefficient (Wildman–Crippen LogP) is 2.15. The van der Waals surface area contributed by atoms with Crippen molar-refractivity contribution in [2.24, 2.45) is 0 Å². The molecular weight excluding hydrogens is 287 g/mol. The highest BCUT2D eigenvalue weighted by atomic mass is 19.4. The predicted molar refractivity (Wildman–Crippen MR) is 68.5 cm³/mol. The van der Waals surface area contributed by atoms with Gasteiger partial charge in [0.15, 0.2) is 5.69 Å². The Kier molecular flexibility index (Phi) is 4.27. The van der Waals surface area contributed by atoms with Gasteiger partial charge in [-0.15, -0.1) is 0 Å². The lowest BCUT2D eigenvalue weighted by Gasteiger charge is -2.26. The molecule has 1 aromatic rings. The van der Waals surface area contributed by atoms with Crippen molar-refractivity contribution in [2.45, 2.75) is 43.9 Å². The molecular formula is C13H18F3N3O2. The first-order chi connectivity index (χ1) is 9.82. The largest absolute Gasteiger partial charge is 0.465 e. The molecule has 2 unspecified atom stereocenters. The molecule has 0 aliphatic heterocycles. The van der Waals surface area contributed by atoms with Crippen LogP contribution in [0.2, 0.25) is 0 Å². The molecule has 8 heteroatoms. The van der Waals surface area contributed by atoms with Crippen LogP contribution in [-0.2, 0) is 15.7 Å². The molecule has 2 atom stereocenters. The van der Waals surface area contributed by atoms with Crippen molar-refractivity contribution in [3.05, 3.63) is 18.0 Å². The first-order valence-electron chi connectivity index (χ1n) is 6.81. The molecule has 1 N–H and O–H groups in total. The molecule has 0 amide bonds. The molecule has 0 radical (unpaired) electrons. The summed E-state index contributed by atoms with van der Waals surface area (Å²) in [6, 6.07) is 0.696. The van der Waals surface area contributed by atoms with Gasteiger partial charge in [0.25, 0.3) is 0 Å². The highest BCUT2D eigenvalue weighted by molar-refractivity contribution is 5.81. The van der Waals surface area contributed by atoms with E-state index >= 15 is 0 Å². The summed E-state index contributed by atoms with van der Waals surface area (Å²) in [5, 5.41) is 6.54. The Bertz CT molecular complexity index is 515. The lowest BCUT2D eigenvalue weighted by Crippen LogP contribution is -2.49. The maximum atomic E-state index is 12.6. The second-order valence-corrected chi connectivity index (χ2v) is 5.13. The summed E-state index contributed by atoms with van der Waals surface area (Å²) in [5.74, 6) is -0.363. The number of hydrogen-bond donors (Lipinski definition) is 1. The molecule has 1 aliphatic carbocycles. The van der Waals surface area contributed by atoms with E-state index in [2.05, 4.69) is 10.4 Å². The summed E-state index contributed by atoms with van der Waals surface area (Å²) >= 11 is 0. The van der Waals surface area contributed by atoms with Gasteiger partial charge in [-0.3, -0.25) is 9.48 Å². The minimum Gasteiger partial charge on any atom is -0.465 e. The normalized spacial score (nSPS) is 26.0. The minimum atomic E-state index is -4.45. The van der Waals surface area contributed by atoms with Gasteiger partial charge in [0.1, 0.15) is 5.54 Å². The van der Waals surface area contributed by atoms with Crippen LogP contribution in [0.5, 0.6) is 0 Å². The zero-order valence-corrected chi connectivity index (χ0v) is 11.9. The molecule has 0 bridgehead atoms. The molecule has 0 aromatic carbocycles. The fourth-order valence-corrected chi connectivity index (χ4v) is 2.72. The highest BCUT2D eigenvalue weighted by Crippen LogP contribution is 2.39. The smallest absolute Gasteiger partial charge is 0.435 e. The van der Waals surface area contributed by atoms with E-state index in [4.69, 9.17) is 4.74 Å². The Balaban J connectivity index is 2.14. The van der Waals surface area contributed by atoms with Crippen molar-refractivity contribution >= 4 is 5.97 Å². The fourth-order valence-electron chi connectivity index (χ4n) is 2.72. The number of alkyl halides is 3. The van der Waals surface area contributed by atoms with Crippen LogP contribution in [0.4, 0.5) is 13.2 Å². The maximum absolute atomic E-state index is 12.6. The Morgan fingerprint density at radius 2 is 2.33 bits per heavy atom. The van der Waals surface area contributed by atoms with Gasteiger partial charge in [-0.1, -0.05) is 0 Å². The number of rotatable bonds is 4. The van der Waals surface area contributed by atoms with Crippen LogP contribution in [0.1, 0.15) is 37.9 Å². The second-order valence-electron chi connectivity index (χ2n) is 5.13. The van der Waals surface area contributed by atoms with Gasteiger partial charge >= 0.3 is 12.1 Å². The van der Waals surface area contributed by atoms with Crippen LogP contribution < -0.4 is 5.32 Å². The van der Waals surface area contributed by atoms with Gasteiger partial charge in [0.05, 0.1) is 12.6 Å². The maximum Gasteiger partial charge on any atom is 0.435 e. The molecule has 1 saturated carbocycles. The van der Waals surface area contributed by atoms with E-state index in [1.807, 2.05) is 0 Å². The summed E-state index contributed by atoms with van der Waals surface area (Å²) < 4.78 is 44.1. The number of aromatic nitrogens is 2. The summed E-state index contributed by atoms with van der Waals surface area (Å²) in [7, 11) is 1.66. The van der Waals surface area contributed by atoms with E-state index in [0.717, 1.165) is 6.07 Å². The average Bonchev–Trinajstić information content (AvgIpc) is 3.06. The number of halogens is 3. The summed E-state index contributed by atoms with van der Waals surface area (Å²) in [6.07, 6.45) is -1.70. The summed E-state index contributed by atoms with van der Waals surface area (Å²) in [6.45, 7) is 1.99. The topological polar surface area (TPSA) is 56.1 Å². The van der Waals surface area contributed by atoms with Crippen molar-refractivity contribution in [1.29, 1.82) is 0 Å². The second kappa shape index (κ2) is 5.67. The van der Waals surface area contributed by atoms with Crippen molar-refractivity contribution in [2.75, 3.05) is 13.7 Å². The zero-order chi connectivity index (χ0) is 15.7. The number of hydrogen-bond acceptors (Lipinski definition) is 4. The number of carbonyl (C=O) groups is 1. The van der Waals surface area contributed by atoms with Crippen molar-refractivity contribution in [1.82, 2.24) is 15.1 Å². The summed E-state index contributed by atoms with van der Waals surface area (Å²) in [5.41, 5.74) is -1.76. The Hall–Kier alpha value is -1.57. The molecule has 21 heavy (non-hydrogen) atoms. The van der Waals surface area contributed by atoms with Crippen LogP contribution in [0.15, 0.2) is 12.3 Å². The van der Waals surface area contributed by atoms with E-state index in [9.17, 15) is 18.0 Å². The SMILES string of the molecule is CCOC(=O)C1(NC)CCC(n2ccc(C(F)(F)F)n2)C1. The highest BCUT2D eigenvalue weighted by Gasteiger charge is 2.46. The van der Waals surface area contributed by atoms with Gasteiger partial charge in [-0.25, -0.2) is 0 Å². The third kappa shape index (κ3) is 3.04. The molecule has 1 heterocycles. The van der Waals surface area contributed by atoms with Crippen molar-refractivity contribution < 1.29 is 22.7 Å². The standard InChI is InChI=1S/C13H18F3N3O2/c1-3-21-11(20)12(17-2)6-4-9(8-12)19-7-5-10(18-19)13(14,15)16/h5,7,9,17H,3-4,6,8H2,1-2H3. The number of carbonyl (C=O) groups excluding carboxylic acids is 1. The average molecular weight is 305 g/mol. The molecule has 0 spiro atoms. The van der Waals surface area contributed by atoms with E-state index in [1.165, 1.54) is 10.9 Å². The number of nitrogens with one attached hydrogen (secondary N) is 1. The van der Waals surface area contributed by atoms with Crippen LogP contribution >= 0.6 is 0 Å². The molecule has 5 nitrogen and oxygen atoms in total. The molecule has 1 aromatic heterocycles. The van der Waals surface area contributed by atoms with Gasteiger partial charge in [0.2, 0.25) is 0 Å². The molecule has 2 rings (SSSR count). The fraction of sp³-hybridized carbons (Fsp3) is 0.692. The van der Waals surface area contributed by atoms with Gasteiger partial charge in [-0.2, -0.15) is 18.3 Å². The van der Waals surface area contributed by atoms with Crippen LogP contribution in [-0.4, -0.2) is 34.9 Å². The third-order valence-electron chi connectivity index (χ3n) is 3.91. The molecule has 1 fully saturated rings. The number of likely N-dealkylation sites (N-methyl/N-ethyl adjacent to an activating group) is 1. The number of nitrogens with zero attached hydrogens (tertiary/aromatic N) is 2. The zero-order valence-electron chi connectivity index (χ0n) is 11.9. The van der Waals surface area contributed by atoms with E-state index in [-0.39, 0.29) is 18.6 Å². The third-order valence-corrected chi connectivity index (χ3v) is 3.91. The first-order valence-corrected chi connectivity index (χ1v) is 6.81. The van der Waals surface area contributed by atoms with Crippen LogP contribution in [0, 0.1) is 0 Å². The van der Waals surface area contributed by atoms with Crippen molar-refractivity contribution in [3.8, 4) is 0 Å². The van der Waals surface area contributed by atoms with Crippen LogP contribution in [0.3, 0.4) is 0 Å². The minimum absolute atomic E-state index is 0.252. The van der Waals surface area contributed by atoms with Crippen molar-refractivity contribution in [3.63, 3.8) is 0 Å². The Morgan fingerprint density at radius 1 is 1.62 bits per heavy atom. The van der Waals surface area contributed by atoms with E-state index < -0.39 is 17.4 Å². The van der Waals surface area contributed by atoms with E-state index in [0.29, 0.717) is 19.3 Å². The molecule has 118 valence electrons. The quantitative estimate of drug-likeness (QED) is 0.866. The lowest BCUT2D eigenvalue weighted by molar-refractivity contribution is -0.151. The van der Waals surface area contributed by atoms with Gasteiger partial charge < -0.3 is 10.1 Å². The molecule has 1 aliphatic rings. The monoisotopic (exact) mass is 305 g/mol.